The standard InChI is InChI=1S/C18H11BF9N6.C2H4.Ag/c20-16(21,22)13-6-9-32(29-13)19(12-4-2-1-3-5-12,33-10-7-14(30-33)17(23,24)25)34-11-8-15(31-34)18(26,27)28;1-2;/h1-11H;1-2H2;/q-1;;+1. The molecule has 0 fully saturated rings. The van der Waals surface area contributed by atoms with Crippen LogP contribution in [0.25, 0.3) is 0 Å². The Morgan fingerprint density at radius 3 is 1.08 bits per heavy atom. The number of nitrogens with zero attached hydrogens (tertiary/aromatic N) is 6. The minimum Gasteiger partial charge on any atom is -0.396 e. The van der Waals surface area contributed by atoms with Gasteiger partial charge in [0.15, 0.2) is 17.1 Å². The van der Waals surface area contributed by atoms with Gasteiger partial charge in [0.05, 0.1) is 0 Å². The molecule has 0 aliphatic rings. The third-order valence-corrected chi connectivity index (χ3v) is 5.05. The molecule has 202 valence electrons. The summed E-state index contributed by atoms with van der Waals surface area (Å²) in [6.07, 6.45) is -12.4. The van der Waals surface area contributed by atoms with Gasteiger partial charge in [0, 0.05) is 0 Å². The Bertz CT molecular complexity index is 1180. The molecule has 4 aromatic rings. The van der Waals surface area contributed by atoms with Gasteiger partial charge in [0.1, 0.15) is 0 Å². The van der Waals surface area contributed by atoms with Crippen molar-refractivity contribution in [1.82, 2.24) is 29.1 Å². The topological polar surface area (TPSA) is 53.5 Å². The minimum atomic E-state index is -4.94. The van der Waals surface area contributed by atoms with Crippen molar-refractivity contribution < 1.29 is 61.9 Å². The van der Waals surface area contributed by atoms with Gasteiger partial charge in [-0.3, -0.25) is 0 Å². The van der Waals surface area contributed by atoms with E-state index in [9.17, 15) is 39.5 Å². The van der Waals surface area contributed by atoms with Crippen LogP contribution in [0, 0.1) is 0 Å². The Morgan fingerprint density at radius 1 is 0.541 bits per heavy atom. The van der Waals surface area contributed by atoms with Gasteiger partial charge >= 0.3 is 47.5 Å². The van der Waals surface area contributed by atoms with E-state index in [0.29, 0.717) is 32.0 Å². The maximum atomic E-state index is 13.3. The van der Waals surface area contributed by atoms with E-state index in [1.165, 1.54) is 30.3 Å². The first kappa shape index (κ1) is 30.0. The molecule has 17 heteroatoms. The van der Waals surface area contributed by atoms with Gasteiger partial charge in [-0.2, -0.15) is 39.5 Å². The Hall–Kier alpha value is -3.23. The van der Waals surface area contributed by atoms with Crippen LogP contribution in [0.4, 0.5) is 39.5 Å². The molecule has 0 aliphatic carbocycles. The molecule has 0 saturated carbocycles. The average molecular weight is 629 g/mol. The molecule has 6 nitrogen and oxygen atoms in total. The maximum Gasteiger partial charge on any atom is 1.00 e. The van der Waals surface area contributed by atoms with E-state index in [1.807, 2.05) is 0 Å². The molecule has 1 aromatic carbocycles. The molecule has 0 bridgehead atoms. The SMILES string of the molecule is C=C.FC(F)(F)c1ccn([B-](c2ccccc2)(n2ccc(C(F)(F)F)n2)n2ccc(C(F)(F)F)n2)n1.[Ag+]. The zero-order valence-electron chi connectivity index (χ0n) is 18.2. The predicted octanol–water partition coefficient (Wildman–Crippen LogP) is 4.92. The Morgan fingerprint density at radius 2 is 0.838 bits per heavy atom. The molecular formula is C20H15AgBF9N6. The number of rotatable bonds is 4. The summed E-state index contributed by atoms with van der Waals surface area (Å²) < 4.78 is 122. The van der Waals surface area contributed by atoms with Crippen molar-refractivity contribution in [1.29, 1.82) is 0 Å². The van der Waals surface area contributed by atoms with Gasteiger partial charge in [0.25, 0.3) is 0 Å². The third-order valence-electron chi connectivity index (χ3n) is 5.05. The molecule has 3 aromatic heterocycles. The first-order valence-electron chi connectivity index (χ1n) is 9.84. The van der Waals surface area contributed by atoms with Crippen molar-refractivity contribution in [3.8, 4) is 0 Å². The van der Waals surface area contributed by atoms with Crippen LogP contribution in [0.2, 0.25) is 0 Å². The summed E-state index contributed by atoms with van der Waals surface area (Å²) in [5, 5.41) is 10.4. The van der Waals surface area contributed by atoms with Gasteiger partial charge in [-0.1, -0.05) is 30.3 Å². The number of benzene rings is 1. The van der Waals surface area contributed by atoms with Gasteiger partial charge in [-0.25, -0.2) is 15.3 Å². The molecule has 0 atom stereocenters. The molecule has 0 amide bonds. The van der Waals surface area contributed by atoms with Crippen LogP contribution in [-0.2, 0) is 40.9 Å². The van der Waals surface area contributed by atoms with Crippen LogP contribution in [0.1, 0.15) is 17.1 Å². The fraction of sp³-hybridized carbons (Fsp3) is 0.150. The summed E-state index contributed by atoms with van der Waals surface area (Å²) >= 11 is 0. The third kappa shape index (κ3) is 5.70. The molecule has 4 rings (SSSR count). The van der Waals surface area contributed by atoms with Crippen LogP contribution in [-0.4, -0.2) is 35.6 Å². The fourth-order valence-electron chi connectivity index (χ4n) is 3.60. The average Bonchev–Trinajstić information content (AvgIpc) is 3.57. The first-order valence-corrected chi connectivity index (χ1v) is 9.84. The molecule has 0 saturated heterocycles. The van der Waals surface area contributed by atoms with Crippen LogP contribution in [0.5, 0.6) is 0 Å². The molecule has 0 radical (unpaired) electrons. The molecule has 0 unspecified atom stereocenters. The zero-order valence-corrected chi connectivity index (χ0v) is 19.7. The van der Waals surface area contributed by atoms with E-state index in [1.54, 1.807) is 0 Å². The van der Waals surface area contributed by atoms with E-state index < -0.39 is 42.2 Å². The molecule has 3 heterocycles. The smallest absolute Gasteiger partial charge is 0.396 e. The normalized spacial score (nSPS) is 12.5. The second kappa shape index (κ2) is 10.6. The summed E-state index contributed by atoms with van der Waals surface area (Å²) in [5.41, 5.74) is -4.27. The summed E-state index contributed by atoms with van der Waals surface area (Å²) in [7, 11) is 0. The quantitative estimate of drug-likeness (QED) is 0.183. The molecule has 0 spiro atoms. The van der Waals surface area contributed by atoms with E-state index in [4.69, 9.17) is 0 Å². The zero-order chi connectivity index (χ0) is 26.9. The largest absolute Gasteiger partial charge is 1.00 e. The minimum absolute atomic E-state index is 0. The monoisotopic (exact) mass is 628 g/mol. The van der Waals surface area contributed by atoms with Gasteiger partial charge in [-0.05, 0) is 36.8 Å². The molecule has 0 N–H and O–H groups in total. The summed E-state index contributed by atoms with van der Waals surface area (Å²) in [6.45, 7) is 2.60. The number of halogens is 9. The van der Waals surface area contributed by atoms with E-state index in [2.05, 4.69) is 28.5 Å². The van der Waals surface area contributed by atoms with Crippen molar-refractivity contribution in [2.45, 2.75) is 18.5 Å². The van der Waals surface area contributed by atoms with Crippen LogP contribution in [0.15, 0.2) is 80.3 Å². The molecule has 0 aliphatic heterocycles. The fourth-order valence-corrected chi connectivity index (χ4v) is 3.60. The predicted molar refractivity (Wildman–Crippen MR) is 111 cm³/mol. The Labute approximate surface area is 218 Å². The van der Waals surface area contributed by atoms with Crippen molar-refractivity contribution >= 4 is 12.0 Å². The Kier molecular flexibility index (Phi) is 8.62. The van der Waals surface area contributed by atoms with Gasteiger partial charge in [-0.15, -0.1) is 18.6 Å². The summed E-state index contributed by atoms with van der Waals surface area (Å²) in [4.78, 5) is 0. The maximum absolute atomic E-state index is 13.3. The second-order valence-electron chi connectivity index (χ2n) is 7.18. The van der Waals surface area contributed by atoms with Crippen molar-refractivity contribution in [2.75, 3.05) is 0 Å². The van der Waals surface area contributed by atoms with Crippen LogP contribution in [0.3, 0.4) is 0 Å². The molecule has 37 heavy (non-hydrogen) atoms. The van der Waals surface area contributed by atoms with Gasteiger partial charge < -0.3 is 13.8 Å². The number of hydrogen-bond donors (Lipinski definition) is 0. The summed E-state index contributed by atoms with van der Waals surface area (Å²) in [5.74, 6) is 0. The summed E-state index contributed by atoms with van der Waals surface area (Å²) in [6, 6.07) is 8.55. The van der Waals surface area contributed by atoms with Crippen molar-refractivity contribution in [2.24, 2.45) is 0 Å². The second-order valence-corrected chi connectivity index (χ2v) is 7.18. The van der Waals surface area contributed by atoms with Crippen LogP contribution >= 0.6 is 0 Å². The van der Waals surface area contributed by atoms with Gasteiger partial charge in [0.2, 0.25) is 0 Å². The number of aromatic nitrogens is 6. The van der Waals surface area contributed by atoms with E-state index in [0.717, 1.165) is 18.6 Å². The van der Waals surface area contributed by atoms with Crippen molar-refractivity contribution in [3.63, 3.8) is 0 Å². The number of hydrogen-bond acceptors (Lipinski definition) is 3. The number of alkyl halides is 9. The van der Waals surface area contributed by atoms with Crippen LogP contribution < -0.4 is 5.46 Å². The van der Waals surface area contributed by atoms with E-state index >= 15 is 0 Å². The van der Waals surface area contributed by atoms with Crippen molar-refractivity contribution in [3.05, 3.63) is 97.4 Å². The molecular weight excluding hydrogens is 614 g/mol. The Balaban J connectivity index is 0.00000157. The first-order chi connectivity index (χ1) is 16.7. The van der Waals surface area contributed by atoms with E-state index in [-0.39, 0.29) is 27.8 Å².